The van der Waals surface area contributed by atoms with Crippen LogP contribution in [0.5, 0.6) is 23.0 Å². The highest BCUT2D eigenvalue weighted by atomic mass is 32.2. The fraction of sp³-hybridized carbons (Fsp3) is 0.171. The highest BCUT2D eigenvalue weighted by molar-refractivity contribution is 8.00. The molecule has 0 aromatic heterocycles. The predicted molar refractivity (Wildman–Crippen MR) is 178 cm³/mol. The van der Waals surface area contributed by atoms with Crippen LogP contribution in [-0.4, -0.2) is 50.4 Å². The number of hydrogen-bond acceptors (Lipinski definition) is 8. The van der Waals surface area contributed by atoms with E-state index < -0.39 is 17.1 Å². The molecule has 1 heterocycles. The van der Waals surface area contributed by atoms with E-state index in [0.29, 0.717) is 58.7 Å². The standard InChI is InChI=1S/C35H33N3O7S/c1-22(33(39)37-26-12-16-30-32(21-26)45-18-17-44-30)46-27-13-10-25(11-14-27)36-35(41)28(38-34(40)24-7-5-4-6-8-24)19-23-9-15-29(42-2)31(20-23)43-3/h4-16,19-22H,17-18H2,1-3H3,(H,36,41)(H,37,39)(H,38,40)/b28-19-. The Balaban J connectivity index is 1.25. The van der Waals surface area contributed by atoms with Crippen LogP contribution in [0.2, 0.25) is 0 Å². The number of thioether (sulfide) groups is 1. The van der Waals surface area contributed by atoms with E-state index in [0.717, 1.165) is 4.90 Å². The smallest absolute Gasteiger partial charge is 0.272 e. The Morgan fingerprint density at radius 1 is 0.783 bits per heavy atom. The SMILES string of the molecule is COc1ccc(/C=C(\NC(=O)c2ccccc2)C(=O)Nc2ccc(SC(C)C(=O)Nc3ccc4c(c3)OCCO4)cc2)cc1OC. The van der Waals surface area contributed by atoms with Crippen LogP contribution in [0.15, 0.2) is 102 Å². The summed E-state index contributed by atoms with van der Waals surface area (Å²) in [5.74, 6) is 1.15. The lowest BCUT2D eigenvalue weighted by molar-refractivity contribution is -0.115. The van der Waals surface area contributed by atoms with Gasteiger partial charge in [0.15, 0.2) is 23.0 Å². The number of carbonyl (C=O) groups is 3. The molecule has 4 aromatic carbocycles. The Bertz CT molecular complexity index is 1740. The lowest BCUT2D eigenvalue weighted by Crippen LogP contribution is -2.30. The first-order valence-electron chi connectivity index (χ1n) is 14.4. The molecule has 0 aliphatic carbocycles. The Kier molecular flexibility index (Phi) is 10.5. The van der Waals surface area contributed by atoms with E-state index in [2.05, 4.69) is 16.0 Å². The molecule has 0 spiro atoms. The van der Waals surface area contributed by atoms with Gasteiger partial charge in [0.1, 0.15) is 18.9 Å². The number of fused-ring (bicyclic) bond motifs is 1. The van der Waals surface area contributed by atoms with Gasteiger partial charge in [-0.1, -0.05) is 24.3 Å². The van der Waals surface area contributed by atoms with Gasteiger partial charge in [-0.2, -0.15) is 0 Å². The van der Waals surface area contributed by atoms with Crippen molar-refractivity contribution in [1.82, 2.24) is 5.32 Å². The Morgan fingerprint density at radius 3 is 2.20 bits per heavy atom. The Labute approximate surface area is 271 Å². The molecule has 1 aliphatic heterocycles. The van der Waals surface area contributed by atoms with Crippen molar-refractivity contribution < 1.29 is 33.3 Å². The minimum absolute atomic E-state index is 0.0314. The highest BCUT2D eigenvalue weighted by Gasteiger charge is 2.19. The van der Waals surface area contributed by atoms with Gasteiger partial charge in [-0.15, -0.1) is 11.8 Å². The normalized spacial score (nSPS) is 12.8. The predicted octanol–water partition coefficient (Wildman–Crippen LogP) is 6.00. The van der Waals surface area contributed by atoms with Crippen molar-refractivity contribution >= 4 is 46.9 Å². The van der Waals surface area contributed by atoms with Crippen molar-refractivity contribution in [3.05, 3.63) is 108 Å². The van der Waals surface area contributed by atoms with Crippen LogP contribution < -0.4 is 34.9 Å². The third-order valence-electron chi connectivity index (χ3n) is 6.85. The zero-order chi connectivity index (χ0) is 32.5. The summed E-state index contributed by atoms with van der Waals surface area (Å²) < 4.78 is 21.8. The number of ether oxygens (including phenoxy) is 4. The van der Waals surface area contributed by atoms with Crippen LogP contribution in [0.25, 0.3) is 6.08 Å². The molecule has 11 heteroatoms. The van der Waals surface area contributed by atoms with E-state index in [1.807, 2.05) is 19.1 Å². The average Bonchev–Trinajstić information content (AvgIpc) is 3.08. The lowest BCUT2D eigenvalue weighted by atomic mass is 10.1. The molecule has 236 valence electrons. The Hall–Kier alpha value is -5.42. The summed E-state index contributed by atoms with van der Waals surface area (Å²) in [7, 11) is 3.05. The van der Waals surface area contributed by atoms with Crippen LogP contribution in [0.4, 0.5) is 11.4 Å². The zero-order valence-corrected chi connectivity index (χ0v) is 26.3. The lowest BCUT2D eigenvalue weighted by Gasteiger charge is -2.19. The number of carbonyl (C=O) groups excluding carboxylic acids is 3. The summed E-state index contributed by atoms with van der Waals surface area (Å²) in [4.78, 5) is 40.1. The first-order valence-corrected chi connectivity index (χ1v) is 15.3. The number of methoxy groups -OCH3 is 2. The van der Waals surface area contributed by atoms with Crippen LogP contribution in [0, 0.1) is 0 Å². The molecular weight excluding hydrogens is 606 g/mol. The highest BCUT2D eigenvalue weighted by Crippen LogP contribution is 2.33. The van der Waals surface area contributed by atoms with Gasteiger partial charge in [-0.05, 0) is 79.2 Å². The molecule has 3 N–H and O–H groups in total. The summed E-state index contributed by atoms with van der Waals surface area (Å²) in [6, 6.07) is 26.2. The quantitative estimate of drug-likeness (QED) is 0.135. The molecule has 10 nitrogen and oxygen atoms in total. The molecule has 4 aromatic rings. The summed E-state index contributed by atoms with van der Waals surface area (Å²) in [5, 5.41) is 8.08. The van der Waals surface area contributed by atoms with Gasteiger partial charge < -0.3 is 34.9 Å². The van der Waals surface area contributed by atoms with Crippen molar-refractivity contribution in [3.63, 3.8) is 0 Å². The summed E-state index contributed by atoms with van der Waals surface area (Å²) >= 11 is 1.38. The topological polar surface area (TPSA) is 124 Å². The molecule has 0 fully saturated rings. The van der Waals surface area contributed by atoms with E-state index in [1.165, 1.54) is 26.0 Å². The summed E-state index contributed by atoms with van der Waals surface area (Å²) in [6.07, 6.45) is 1.56. The number of rotatable bonds is 11. The number of hydrogen-bond donors (Lipinski definition) is 3. The van der Waals surface area contributed by atoms with Crippen molar-refractivity contribution in [2.45, 2.75) is 17.1 Å². The summed E-state index contributed by atoms with van der Waals surface area (Å²) in [6.45, 7) is 2.77. The van der Waals surface area contributed by atoms with Gasteiger partial charge in [0.2, 0.25) is 5.91 Å². The maximum atomic E-state index is 13.5. The summed E-state index contributed by atoms with van der Waals surface area (Å²) in [5.41, 5.74) is 2.18. The molecule has 0 saturated heterocycles. The van der Waals surface area contributed by atoms with Crippen LogP contribution in [0.3, 0.4) is 0 Å². The van der Waals surface area contributed by atoms with Crippen molar-refractivity contribution in [3.8, 4) is 23.0 Å². The van der Waals surface area contributed by atoms with Gasteiger partial charge in [0.05, 0.1) is 19.5 Å². The van der Waals surface area contributed by atoms with Gasteiger partial charge in [-0.3, -0.25) is 14.4 Å². The van der Waals surface area contributed by atoms with Crippen LogP contribution >= 0.6 is 11.8 Å². The second-order valence-electron chi connectivity index (χ2n) is 10.1. The number of nitrogens with one attached hydrogen (secondary N) is 3. The van der Waals surface area contributed by atoms with E-state index >= 15 is 0 Å². The van der Waals surface area contributed by atoms with Gasteiger partial charge in [-0.25, -0.2) is 0 Å². The zero-order valence-electron chi connectivity index (χ0n) is 25.5. The van der Waals surface area contributed by atoms with Crippen LogP contribution in [-0.2, 0) is 9.59 Å². The monoisotopic (exact) mass is 639 g/mol. The Morgan fingerprint density at radius 2 is 1.48 bits per heavy atom. The first-order chi connectivity index (χ1) is 22.3. The molecule has 0 saturated carbocycles. The maximum Gasteiger partial charge on any atom is 0.272 e. The largest absolute Gasteiger partial charge is 0.493 e. The number of amides is 3. The minimum Gasteiger partial charge on any atom is -0.493 e. The van der Waals surface area contributed by atoms with Crippen molar-refractivity contribution in [2.75, 3.05) is 38.1 Å². The van der Waals surface area contributed by atoms with E-state index in [-0.39, 0.29) is 11.6 Å². The van der Waals surface area contributed by atoms with E-state index in [4.69, 9.17) is 18.9 Å². The van der Waals surface area contributed by atoms with Crippen molar-refractivity contribution in [1.29, 1.82) is 0 Å². The fourth-order valence-corrected chi connectivity index (χ4v) is 5.36. The van der Waals surface area contributed by atoms with Crippen LogP contribution in [0.1, 0.15) is 22.8 Å². The fourth-order valence-electron chi connectivity index (χ4n) is 4.49. The van der Waals surface area contributed by atoms with E-state index in [9.17, 15) is 14.4 Å². The van der Waals surface area contributed by atoms with Gasteiger partial charge in [0.25, 0.3) is 11.8 Å². The first kappa shape index (κ1) is 32.0. The van der Waals surface area contributed by atoms with Gasteiger partial charge >= 0.3 is 0 Å². The van der Waals surface area contributed by atoms with E-state index in [1.54, 1.807) is 84.9 Å². The molecule has 0 radical (unpaired) electrons. The third kappa shape index (κ3) is 8.19. The maximum absolute atomic E-state index is 13.5. The average molecular weight is 640 g/mol. The molecular formula is C35H33N3O7S. The molecule has 3 amide bonds. The number of anilines is 2. The third-order valence-corrected chi connectivity index (χ3v) is 7.96. The van der Waals surface area contributed by atoms with Crippen molar-refractivity contribution in [2.24, 2.45) is 0 Å². The molecule has 5 rings (SSSR count). The second kappa shape index (κ2) is 15.0. The molecule has 1 atom stereocenters. The number of benzene rings is 4. The van der Waals surface area contributed by atoms with Gasteiger partial charge in [0, 0.05) is 27.9 Å². The molecule has 0 bridgehead atoms. The molecule has 1 aliphatic rings. The minimum atomic E-state index is -0.522. The molecule has 1 unspecified atom stereocenters. The molecule has 46 heavy (non-hydrogen) atoms. The second-order valence-corrected chi connectivity index (χ2v) is 11.5.